The number of rotatable bonds is 3. The van der Waals surface area contributed by atoms with Gasteiger partial charge in [0.25, 0.3) is 5.19 Å². The third kappa shape index (κ3) is 2.81. The Kier molecular flexibility index (Phi) is 3.56. The molecule has 0 amide bonds. The molecule has 0 atom stereocenters. The van der Waals surface area contributed by atoms with E-state index in [4.69, 9.17) is 4.74 Å². The molecule has 0 unspecified atom stereocenters. The summed E-state index contributed by atoms with van der Waals surface area (Å²) < 4.78 is 42.4. The van der Waals surface area contributed by atoms with Gasteiger partial charge in [0, 0.05) is 6.20 Å². The molecule has 0 N–H and O–H groups in total. The molecule has 2 nitrogen and oxygen atoms in total. The van der Waals surface area contributed by atoms with Crippen molar-refractivity contribution in [3.8, 4) is 15.6 Å². The highest BCUT2D eigenvalue weighted by molar-refractivity contribution is 7.16. The molecule has 0 aliphatic carbocycles. The molecule has 0 radical (unpaired) electrons. The van der Waals surface area contributed by atoms with Gasteiger partial charge >= 0.3 is 6.18 Å². The number of halogens is 3. The zero-order chi connectivity index (χ0) is 13.2. The second-order valence-electron chi connectivity index (χ2n) is 3.50. The summed E-state index contributed by atoms with van der Waals surface area (Å²) in [7, 11) is 0. The van der Waals surface area contributed by atoms with Gasteiger partial charge in [-0.05, 0) is 24.6 Å². The van der Waals surface area contributed by atoms with Crippen molar-refractivity contribution in [3.05, 3.63) is 36.0 Å². The molecule has 1 aromatic heterocycles. The van der Waals surface area contributed by atoms with Gasteiger partial charge in [0.15, 0.2) is 0 Å². The minimum atomic E-state index is -4.30. The first-order valence-corrected chi connectivity index (χ1v) is 6.08. The van der Waals surface area contributed by atoms with Crippen molar-refractivity contribution in [1.29, 1.82) is 0 Å². The van der Waals surface area contributed by atoms with E-state index >= 15 is 0 Å². The van der Waals surface area contributed by atoms with Crippen LogP contribution in [0.1, 0.15) is 12.5 Å². The van der Waals surface area contributed by atoms with Gasteiger partial charge in [-0.1, -0.05) is 23.5 Å². The summed E-state index contributed by atoms with van der Waals surface area (Å²) in [5.74, 6) is 0. The molecule has 2 rings (SSSR count). The molecule has 0 aliphatic heterocycles. The lowest BCUT2D eigenvalue weighted by Gasteiger charge is -2.06. The molecule has 1 aromatic carbocycles. The molecule has 0 fully saturated rings. The van der Waals surface area contributed by atoms with Gasteiger partial charge < -0.3 is 4.74 Å². The minimum Gasteiger partial charge on any atom is -0.470 e. The number of hydrogen-bond acceptors (Lipinski definition) is 3. The van der Waals surface area contributed by atoms with Crippen LogP contribution in [0.15, 0.2) is 30.5 Å². The summed E-state index contributed by atoms with van der Waals surface area (Å²) in [5, 5.41) is 0.521. The van der Waals surface area contributed by atoms with Crippen LogP contribution in [-0.2, 0) is 6.18 Å². The fourth-order valence-electron chi connectivity index (χ4n) is 1.41. The SMILES string of the molecule is CCOc1ncc(-c2ccc(C(F)(F)F)cc2)s1. The molecule has 0 saturated carbocycles. The summed E-state index contributed by atoms with van der Waals surface area (Å²) in [6.45, 7) is 2.36. The number of nitrogens with zero attached hydrogens (tertiary/aromatic N) is 1. The van der Waals surface area contributed by atoms with Gasteiger partial charge in [-0.3, -0.25) is 0 Å². The lowest BCUT2D eigenvalue weighted by atomic mass is 10.1. The van der Waals surface area contributed by atoms with Crippen molar-refractivity contribution in [1.82, 2.24) is 4.98 Å². The minimum absolute atomic E-state index is 0.514. The molecule has 0 aliphatic rings. The Hall–Kier alpha value is -1.56. The summed E-state index contributed by atoms with van der Waals surface area (Å²) in [6, 6.07) is 5.00. The Balaban J connectivity index is 2.23. The van der Waals surface area contributed by atoms with E-state index in [1.165, 1.54) is 23.5 Å². The van der Waals surface area contributed by atoms with E-state index in [9.17, 15) is 13.2 Å². The predicted molar refractivity (Wildman–Crippen MR) is 63.7 cm³/mol. The van der Waals surface area contributed by atoms with Crippen LogP contribution in [-0.4, -0.2) is 11.6 Å². The van der Waals surface area contributed by atoms with Crippen LogP contribution < -0.4 is 4.74 Å². The van der Waals surface area contributed by atoms with Crippen LogP contribution in [0.3, 0.4) is 0 Å². The van der Waals surface area contributed by atoms with Crippen LogP contribution >= 0.6 is 11.3 Å². The Bertz CT molecular complexity index is 519. The second-order valence-corrected chi connectivity index (χ2v) is 4.49. The highest BCUT2D eigenvalue weighted by atomic mass is 32.1. The molecular formula is C12H10F3NOS. The molecular weight excluding hydrogens is 263 g/mol. The predicted octanol–water partition coefficient (Wildman–Crippen LogP) is 4.23. The van der Waals surface area contributed by atoms with Gasteiger partial charge in [0.1, 0.15) is 0 Å². The maximum absolute atomic E-state index is 12.4. The Labute approximate surface area is 106 Å². The standard InChI is InChI=1S/C12H10F3NOS/c1-2-17-11-16-7-10(18-11)8-3-5-9(6-4-8)12(13,14)15/h3-7H,2H2,1H3. The smallest absolute Gasteiger partial charge is 0.416 e. The molecule has 2 aromatic rings. The largest absolute Gasteiger partial charge is 0.470 e. The van der Waals surface area contributed by atoms with Gasteiger partial charge in [0.2, 0.25) is 0 Å². The average molecular weight is 273 g/mol. The van der Waals surface area contributed by atoms with Crippen LogP contribution in [0.25, 0.3) is 10.4 Å². The summed E-state index contributed by atoms with van der Waals surface area (Å²) in [4.78, 5) is 4.81. The van der Waals surface area contributed by atoms with Gasteiger partial charge in [-0.2, -0.15) is 13.2 Å². The lowest BCUT2D eigenvalue weighted by molar-refractivity contribution is -0.137. The van der Waals surface area contributed by atoms with Gasteiger partial charge in [-0.25, -0.2) is 4.98 Å². The fraction of sp³-hybridized carbons (Fsp3) is 0.250. The zero-order valence-electron chi connectivity index (χ0n) is 9.49. The van der Waals surface area contributed by atoms with Crippen molar-refractivity contribution in [2.75, 3.05) is 6.61 Å². The first-order valence-electron chi connectivity index (χ1n) is 5.27. The van der Waals surface area contributed by atoms with E-state index in [0.717, 1.165) is 17.0 Å². The number of ether oxygens (including phenoxy) is 1. The Morgan fingerprint density at radius 3 is 2.44 bits per heavy atom. The molecule has 18 heavy (non-hydrogen) atoms. The van der Waals surface area contributed by atoms with Crippen molar-refractivity contribution in [2.45, 2.75) is 13.1 Å². The highest BCUT2D eigenvalue weighted by Crippen LogP contribution is 2.33. The second kappa shape index (κ2) is 4.97. The van der Waals surface area contributed by atoms with Gasteiger partial charge in [0.05, 0.1) is 17.0 Å². The first kappa shape index (κ1) is 12.9. The molecule has 1 heterocycles. The third-order valence-corrected chi connectivity index (χ3v) is 3.21. The quantitative estimate of drug-likeness (QED) is 0.835. The monoisotopic (exact) mass is 273 g/mol. The number of benzene rings is 1. The highest BCUT2D eigenvalue weighted by Gasteiger charge is 2.30. The number of thiazole rings is 1. The summed E-state index contributed by atoms with van der Waals surface area (Å²) in [5.41, 5.74) is 0.0484. The van der Waals surface area contributed by atoms with E-state index in [0.29, 0.717) is 17.4 Å². The van der Waals surface area contributed by atoms with Crippen LogP contribution in [0.2, 0.25) is 0 Å². The first-order chi connectivity index (χ1) is 8.50. The van der Waals surface area contributed by atoms with E-state index in [1.54, 1.807) is 6.20 Å². The van der Waals surface area contributed by atoms with Crippen LogP contribution in [0.5, 0.6) is 5.19 Å². The van der Waals surface area contributed by atoms with Gasteiger partial charge in [-0.15, -0.1) is 0 Å². The summed E-state index contributed by atoms with van der Waals surface area (Å²) >= 11 is 1.31. The van der Waals surface area contributed by atoms with E-state index < -0.39 is 11.7 Å². The molecule has 96 valence electrons. The fourth-order valence-corrected chi connectivity index (χ4v) is 2.23. The lowest BCUT2D eigenvalue weighted by Crippen LogP contribution is -2.03. The Morgan fingerprint density at radius 2 is 1.89 bits per heavy atom. The van der Waals surface area contributed by atoms with Crippen molar-refractivity contribution in [2.24, 2.45) is 0 Å². The third-order valence-electron chi connectivity index (χ3n) is 2.25. The number of aromatic nitrogens is 1. The average Bonchev–Trinajstić information content (AvgIpc) is 2.77. The molecule has 0 saturated heterocycles. The Morgan fingerprint density at radius 1 is 1.22 bits per heavy atom. The van der Waals surface area contributed by atoms with Crippen LogP contribution in [0, 0.1) is 0 Å². The van der Waals surface area contributed by atoms with E-state index in [1.807, 2.05) is 6.92 Å². The van der Waals surface area contributed by atoms with Crippen molar-refractivity contribution < 1.29 is 17.9 Å². The van der Waals surface area contributed by atoms with Crippen LogP contribution in [0.4, 0.5) is 13.2 Å². The number of alkyl halides is 3. The molecule has 0 bridgehead atoms. The molecule has 0 spiro atoms. The molecule has 6 heteroatoms. The van der Waals surface area contributed by atoms with E-state index in [-0.39, 0.29) is 0 Å². The van der Waals surface area contributed by atoms with Crippen molar-refractivity contribution >= 4 is 11.3 Å². The number of hydrogen-bond donors (Lipinski definition) is 0. The zero-order valence-corrected chi connectivity index (χ0v) is 10.3. The topological polar surface area (TPSA) is 22.1 Å². The maximum atomic E-state index is 12.4. The maximum Gasteiger partial charge on any atom is 0.416 e. The summed E-state index contributed by atoms with van der Waals surface area (Å²) in [6.07, 6.45) is -2.71. The normalized spacial score (nSPS) is 11.6. The van der Waals surface area contributed by atoms with Crippen molar-refractivity contribution in [3.63, 3.8) is 0 Å². The van der Waals surface area contributed by atoms with E-state index in [2.05, 4.69) is 4.98 Å².